The average Bonchev–Trinajstić information content (AvgIpc) is 2.60. The van der Waals surface area contributed by atoms with Gasteiger partial charge in [-0.1, -0.05) is 43.6 Å². The molecule has 5 heteroatoms. The van der Waals surface area contributed by atoms with Gasteiger partial charge in [0.2, 0.25) is 5.91 Å². The number of anilines is 2. The minimum atomic E-state index is -0.261. The number of hydrogen-bond donors (Lipinski definition) is 1. The van der Waals surface area contributed by atoms with Gasteiger partial charge in [0.05, 0.1) is 10.6 Å². The number of aryl methyl sites for hydroxylation is 1. The molecule has 130 valence electrons. The zero-order chi connectivity index (χ0) is 18.0. The van der Waals surface area contributed by atoms with E-state index in [0.29, 0.717) is 22.8 Å². The van der Waals surface area contributed by atoms with Crippen molar-refractivity contribution in [1.82, 2.24) is 0 Å². The number of halogens is 1. The molecule has 1 aliphatic rings. The first-order valence-electron chi connectivity index (χ1n) is 8.47. The van der Waals surface area contributed by atoms with E-state index in [1.165, 1.54) is 0 Å². The largest absolute Gasteiger partial charge is 0.322 e. The molecule has 0 bridgehead atoms. The Morgan fingerprint density at radius 1 is 1.16 bits per heavy atom. The van der Waals surface area contributed by atoms with Crippen LogP contribution in [0, 0.1) is 5.92 Å². The molecule has 1 N–H and O–H groups in total. The molecule has 0 spiro atoms. The van der Waals surface area contributed by atoms with E-state index in [1.54, 1.807) is 24.3 Å². The Labute approximate surface area is 152 Å². The lowest BCUT2D eigenvalue weighted by atomic mass is 9.99. The summed E-state index contributed by atoms with van der Waals surface area (Å²) >= 11 is 6.09. The Bertz CT molecular complexity index is 817. The zero-order valence-corrected chi connectivity index (χ0v) is 15.1. The van der Waals surface area contributed by atoms with E-state index in [9.17, 15) is 9.59 Å². The summed E-state index contributed by atoms with van der Waals surface area (Å²) in [4.78, 5) is 26.8. The van der Waals surface area contributed by atoms with Gasteiger partial charge in [0, 0.05) is 23.8 Å². The quantitative estimate of drug-likeness (QED) is 0.878. The van der Waals surface area contributed by atoms with Gasteiger partial charge >= 0.3 is 0 Å². The molecule has 2 amide bonds. The third-order valence-corrected chi connectivity index (χ3v) is 4.67. The van der Waals surface area contributed by atoms with Crippen LogP contribution in [-0.4, -0.2) is 18.4 Å². The maximum absolute atomic E-state index is 12.5. The van der Waals surface area contributed by atoms with Gasteiger partial charge in [-0.3, -0.25) is 9.59 Å². The molecule has 1 aliphatic heterocycles. The van der Waals surface area contributed by atoms with Crippen LogP contribution in [0.15, 0.2) is 42.5 Å². The van der Waals surface area contributed by atoms with Crippen LogP contribution >= 0.6 is 11.6 Å². The standard InChI is InChI=1S/C20H21ClN2O2/c1-13(2)20(25)23-11-5-6-14-9-10-15(12-18(14)23)22-19(24)16-7-3-4-8-17(16)21/h3-4,7-10,12-13H,5-6,11H2,1-2H3,(H,22,24). The van der Waals surface area contributed by atoms with Gasteiger partial charge in [0.1, 0.15) is 0 Å². The summed E-state index contributed by atoms with van der Waals surface area (Å²) in [6.07, 6.45) is 1.90. The first-order valence-corrected chi connectivity index (χ1v) is 8.85. The van der Waals surface area contributed by atoms with Crippen molar-refractivity contribution >= 4 is 34.8 Å². The summed E-state index contributed by atoms with van der Waals surface area (Å²) in [6, 6.07) is 12.7. The normalized spacial score (nSPS) is 13.5. The van der Waals surface area contributed by atoms with Gasteiger partial charge in [-0.25, -0.2) is 0 Å². The van der Waals surface area contributed by atoms with Crippen molar-refractivity contribution in [1.29, 1.82) is 0 Å². The van der Waals surface area contributed by atoms with Crippen LogP contribution in [0.25, 0.3) is 0 Å². The minimum absolute atomic E-state index is 0.0627. The summed E-state index contributed by atoms with van der Waals surface area (Å²) < 4.78 is 0. The van der Waals surface area contributed by atoms with Gasteiger partial charge < -0.3 is 10.2 Å². The van der Waals surface area contributed by atoms with Crippen LogP contribution in [-0.2, 0) is 11.2 Å². The molecule has 25 heavy (non-hydrogen) atoms. The molecule has 0 aliphatic carbocycles. The number of carbonyl (C=O) groups is 2. The van der Waals surface area contributed by atoms with Crippen molar-refractivity contribution in [3.63, 3.8) is 0 Å². The molecule has 0 radical (unpaired) electrons. The van der Waals surface area contributed by atoms with Crippen LogP contribution in [0.5, 0.6) is 0 Å². The lowest BCUT2D eigenvalue weighted by Crippen LogP contribution is -2.38. The lowest BCUT2D eigenvalue weighted by molar-refractivity contribution is -0.121. The molecule has 4 nitrogen and oxygen atoms in total. The predicted octanol–water partition coefficient (Wildman–Crippen LogP) is 4.53. The van der Waals surface area contributed by atoms with Crippen LogP contribution in [0.1, 0.15) is 36.2 Å². The van der Waals surface area contributed by atoms with Crippen molar-refractivity contribution in [3.05, 3.63) is 58.6 Å². The van der Waals surface area contributed by atoms with Gasteiger partial charge in [0.15, 0.2) is 0 Å². The maximum Gasteiger partial charge on any atom is 0.257 e. The zero-order valence-electron chi connectivity index (χ0n) is 14.4. The summed E-state index contributed by atoms with van der Waals surface area (Å²) in [5.41, 5.74) is 3.11. The fraction of sp³-hybridized carbons (Fsp3) is 0.300. The Morgan fingerprint density at radius 3 is 2.64 bits per heavy atom. The van der Waals surface area contributed by atoms with Gasteiger partial charge in [-0.15, -0.1) is 0 Å². The average molecular weight is 357 g/mol. The van der Waals surface area contributed by atoms with E-state index >= 15 is 0 Å². The third kappa shape index (κ3) is 3.69. The highest BCUT2D eigenvalue weighted by molar-refractivity contribution is 6.34. The van der Waals surface area contributed by atoms with Gasteiger partial charge in [-0.2, -0.15) is 0 Å². The first-order chi connectivity index (χ1) is 12.0. The predicted molar refractivity (Wildman–Crippen MR) is 101 cm³/mol. The third-order valence-electron chi connectivity index (χ3n) is 4.34. The van der Waals surface area contributed by atoms with Crippen molar-refractivity contribution in [2.24, 2.45) is 5.92 Å². The van der Waals surface area contributed by atoms with Crippen molar-refractivity contribution < 1.29 is 9.59 Å². The van der Waals surface area contributed by atoms with E-state index in [2.05, 4.69) is 5.32 Å². The number of nitrogens with one attached hydrogen (secondary N) is 1. The molecule has 0 unspecified atom stereocenters. The summed E-state index contributed by atoms with van der Waals surface area (Å²) in [5, 5.41) is 3.29. The minimum Gasteiger partial charge on any atom is -0.322 e. The summed E-state index contributed by atoms with van der Waals surface area (Å²) in [5.74, 6) is -0.217. The van der Waals surface area contributed by atoms with Crippen molar-refractivity contribution in [2.45, 2.75) is 26.7 Å². The Hall–Kier alpha value is -2.33. The Balaban J connectivity index is 1.87. The number of fused-ring (bicyclic) bond motifs is 1. The molecule has 3 rings (SSSR count). The van der Waals surface area contributed by atoms with Crippen molar-refractivity contribution in [2.75, 3.05) is 16.8 Å². The highest BCUT2D eigenvalue weighted by Crippen LogP contribution is 2.31. The number of nitrogens with zero attached hydrogens (tertiary/aromatic N) is 1. The number of rotatable bonds is 3. The molecular formula is C20H21ClN2O2. The monoisotopic (exact) mass is 356 g/mol. The molecule has 2 aromatic carbocycles. The van der Waals surface area contributed by atoms with E-state index in [1.807, 2.05) is 36.9 Å². The maximum atomic E-state index is 12.5. The Kier molecular flexibility index (Phi) is 5.09. The van der Waals surface area contributed by atoms with Crippen LogP contribution in [0.3, 0.4) is 0 Å². The number of benzene rings is 2. The molecule has 0 fully saturated rings. The molecule has 1 heterocycles. The highest BCUT2D eigenvalue weighted by atomic mass is 35.5. The van der Waals surface area contributed by atoms with Gasteiger partial charge in [-0.05, 0) is 42.7 Å². The number of carbonyl (C=O) groups excluding carboxylic acids is 2. The lowest BCUT2D eigenvalue weighted by Gasteiger charge is -2.31. The second-order valence-corrected chi connectivity index (χ2v) is 6.93. The fourth-order valence-corrected chi connectivity index (χ4v) is 3.26. The number of amides is 2. The van der Waals surface area contributed by atoms with Crippen LogP contribution < -0.4 is 10.2 Å². The summed E-state index contributed by atoms with van der Waals surface area (Å²) in [7, 11) is 0. The molecule has 0 saturated heterocycles. The summed E-state index contributed by atoms with van der Waals surface area (Å²) in [6.45, 7) is 4.52. The molecular weight excluding hydrogens is 336 g/mol. The van der Waals surface area contributed by atoms with Crippen LogP contribution in [0.4, 0.5) is 11.4 Å². The second-order valence-electron chi connectivity index (χ2n) is 6.53. The van der Waals surface area contributed by atoms with Crippen molar-refractivity contribution in [3.8, 4) is 0 Å². The van der Waals surface area contributed by atoms with Gasteiger partial charge in [0.25, 0.3) is 5.91 Å². The second kappa shape index (κ2) is 7.28. The highest BCUT2D eigenvalue weighted by Gasteiger charge is 2.24. The van der Waals surface area contributed by atoms with E-state index < -0.39 is 0 Å². The Morgan fingerprint density at radius 2 is 1.92 bits per heavy atom. The fourth-order valence-electron chi connectivity index (χ4n) is 3.04. The molecule has 2 aromatic rings. The smallest absolute Gasteiger partial charge is 0.257 e. The molecule has 0 aromatic heterocycles. The topological polar surface area (TPSA) is 49.4 Å². The van der Waals surface area contributed by atoms with E-state index in [0.717, 1.165) is 24.1 Å². The SMILES string of the molecule is CC(C)C(=O)N1CCCc2ccc(NC(=O)c3ccccc3Cl)cc21. The van der Waals surface area contributed by atoms with E-state index in [-0.39, 0.29) is 17.7 Å². The van der Waals surface area contributed by atoms with Crippen LogP contribution in [0.2, 0.25) is 5.02 Å². The molecule has 0 saturated carbocycles. The first kappa shape index (κ1) is 17.5. The number of hydrogen-bond acceptors (Lipinski definition) is 2. The van der Waals surface area contributed by atoms with E-state index in [4.69, 9.17) is 11.6 Å². The molecule has 0 atom stereocenters.